The van der Waals surface area contributed by atoms with E-state index in [0.29, 0.717) is 17.5 Å². The summed E-state index contributed by atoms with van der Waals surface area (Å²) in [5.41, 5.74) is 0.645. The Kier molecular flexibility index (Phi) is 3.79. The molecule has 2 unspecified atom stereocenters. The first kappa shape index (κ1) is 14.3. The second kappa shape index (κ2) is 4.77. The Morgan fingerprint density at radius 2 is 1.44 bits per heavy atom. The fraction of sp³-hybridized carbons (Fsp3) is 1.00. The number of fused-ring (bicyclic) bond motifs is 2. The lowest BCUT2D eigenvalue weighted by atomic mass is 9.91. The van der Waals surface area contributed by atoms with E-state index < -0.39 is 0 Å². The van der Waals surface area contributed by atoms with Crippen molar-refractivity contribution in [2.45, 2.75) is 59.2 Å². The maximum atomic E-state index is 5.77. The van der Waals surface area contributed by atoms with Crippen molar-refractivity contribution in [3.8, 4) is 0 Å². The first-order valence-corrected chi connectivity index (χ1v) is 7.25. The van der Waals surface area contributed by atoms with E-state index in [-0.39, 0.29) is 5.54 Å². The van der Waals surface area contributed by atoms with Crippen molar-refractivity contribution < 1.29 is 4.74 Å². The molecule has 0 spiro atoms. The molecule has 0 aromatic rings. The molecule has 3 heteroatoms. The molecular formula is C15H30N2O. The minimum Gasteiger partial charge on any atom is -0.378 e. The number of morpholine rings is 1. The lowest BCUT2D eigenvalue weighted by molar-refractivity contribution is -0.135. The second-order valence-corrected chi connectivity index (χ2v) is 8.18. The smallest absolute Gasteiger partial charge is 0.0635 e. The van der Waals surface area contributed by atoms with Gasteiger partial charge in [0.2, 0.25) is 0 Å². The van der Waals surface area contributed by atoms with Gasteiger partial charge in [0.05, 0.1) is 13.2 Å². The summed E-state index contributed by atoms with van der Waals surface area (Å²) < 4.78 is 5.77. The summed E-state index contributed by atoms with van der Waals surface area (Å²) >= 11 is 0. The number of nitrogens with zero attached hydrogens (tertiary/aromatic N) is 2. The van der Waals surface area contributed by atoms with E-state index in [1.165, 1.54) is 6.54 Å². The Morgan fingerprint density at radius 3 is 1.83 bits per heavy atom. The maximum Gasteiger partial charge on any atom is 0.0635 e. The number of ether oxygens (including phenoxy) is 1. The van der Waals surface area contributed by atoms with Gasteiger partial charge in [-0.2, -0.15) is 0 Å². The van der Waals surface area contributed by atoms with Crippen LogP contribution in [0.1, 0.15) is 41.5 Å². The summed E-state index contributed by atoms with van der Waals surface area (Å²) in [5, 5.41) is 0. The van der Waals surface area contributed by atoms with Gasteiger partial charge in [0.25, 0.3) is 0 Å². The van der Waals surface area contributed by atoms with E-state index in [1.54, 1.807) is 0 Å². The molecule has 0 aromatic carbocycles. The van der Waals surface area contributed by atoms with Crippen LogP contribution < -0.4 is 0 Å². The Bertz CT molecular complexity index is 276. The number of hydrogen-bond acceptors (Lipinski definition) is 3. The molecule has 2 saturated heterocycles. The fourth-order valence-corrected chi connectivity index (χ4v) is 3.65. The third kappa shape index (κ3) is 3.25. The molecule has 0 aromatic heterocycles. The third-order valence-corrected chi connectivity index (χ3v) is 3.82. The first-order chi connectivity index (χ1) is 8.17. The molecule has 0 radical (unpaired) electrons. The minimum atomic E-state index is 0.257. The second-order valence-electron chi connectivity index (χ2n) is 8.18. The van der Waals surface area contributed by atoms with Crippen molar-refractivity contribution in [2.24, 2.45) is 5.41 Å². The molecule has 2 rings (SSSR count). The van der Waals surface area contributed by atoms with Crippen LogP contribution in [-0.2, 0) is 4.74 Å². The molecule has 3 nitrogen and oxygen atoms in total. The predicted octanol–water partition coefficient (Wildman–Crippen LogP) is 2.22. The standard InChI is InChI=1S/C15H30N2O/c1-14(2,3)11-16-7-12-9-18-10-13(8-16)17(12)15(4,5)6/h12-13H,7-11H2,1-6H3. The molecule has 2 atom stereocenters. The first-order valence-electron chi connectivity index (χ1n) is 7.25. The highest BCUT2D eigenvalue weighted by Gasteiger charge is 2.43. The molecule has 18 heavy (non-hydrogen) atoms. The normalized spacial score (nSPS) is 31.7. The van der Waals surface area contributed by atoms with Crippen LogP contribution in [-0.4, -0.2) is 60.3 Å². The van der Waals surface area contributed by atoms with Gasteiger partial charge in [-0.15, -0.1) is 0 Å². The average molecular weight is 254 g/mol. The summed E-state index contributed by atoms with van der Waals surface area (Å²) in [4.78, 5) is 5.33. The van der Waals surface area contributed by atoms with Gasteiger partial charge in [-0.05, 0) is 26.2 Å². The van der Waals surface area contributed by atoms with Crippen molar-refractivity contribution in [3.63, 3.8) is 0 Å². The molecule has 2 fully saturated rings. The summed E-state index contributed by atoms with van der Waals surface area (Å²) in [7, 11) is 0. The van der Waals surface area contributed by atoms with Crippen LogP contribution in [0.2, 0.25) is 0 Å². The molecule has 0 amide bonds. The van der Waals surface area contributed by atoms with E-state index in [2.05, 4.69) is 51.3 Å². The van der Waals surface area contributed by atoms with Crippen LogP contribution in [0.3, 0.4) is 0 Å². The zero-order chi connectivity index (χ0) is 13.6. The van der Waals surface area contributed by atoms with Gasteiger partial charge in [-0.1, -0.05) is 20.8 Å². The van der Waals surface area contributed by atoms with E-state index in [9.17, 15) is 0 Å². The van der Waals surface area contributed by atoms with Crippen molar-refractivity contribution in [3.05, 3.63) is 0 Å². The highest BCUT2D eigenvalue weighted by Crippen LogP contribution is 2.30. The van der Waals surface area contributed by atoms with E-state index in [0.717, 1.165) is 26.3 Å². The highest BCUT2D eigenvalue weighted by atomic mass is 16.5. The highest BCUT2D eigenvalue weighted by molar-refractivity contribution is 4.98. The summed E-state index contributed by atoms with van der Waals surface area (Å²) in [6, 6.07) is 1.14. The zero-order valence-corrected chi connectivity index (χ0v) is 13.0. The van der Waals surface area contributed by atoms with E-state index in [4.69, 9.17) is 4.74 Å². The summed E-state index contributed by atoms with van der Waals surface area (Å²) in [6.45, 7) is 19.3. The van der Waals surface area contributed by atoms with Gasteiger partial charge in [0.15, 0.2) is 0 Å². The third-order valence-electron chi connectivity index (χ3n) is 3.82. The minimum absolute atomic E-state index is 0.257. The molecule has 0 saturated carbocycles. The van der Waals surface area contributed by atoms with Gasteiger partial charge in [-0.3, -0.25) is 9.80 Å². The average Bonchev–Trinajstić information content (AvgIpc) is 2.11. The molecule has 2 aliphatic rings. The summed E-state index contributed by atoms with van der Waals surface area (Å²) in [5.74, 6) is 0. The van der Waals surface area contributed by atoms with E-state index >= 15 is 0 Å². The fourth-order valence-electron chi connectivity index (χ4n) is 3.65. The molecule has 2 bridgehead atoms. The Balaban J connectivity index is 2.07. The topological polar surface area (TPSA) is 15.7 Å². The van der Waals surface area contributed by atoms with Crippen molar-refractivity contribution >= 4 is 0 Å². The van der Waals surface area contributed by atoms with Crippen LogP contribution in [0.4, 0.5) is 0 Å². The number of rotatable bonds is 1. The van der Waals surface area contributed by atoms with Gasteiger partial charge in [-0.25, -0.2) is 0 Å². The monoisotopic (exact) mass is 254 g/mol. The largest absolute Gasteiger partial charge is 0.378 e. The quantitative estimate of drug-likeness (QED) is 0.713. The van der Waals surface area contributed by atoms with Gasteiger partial charge >= 0.3 is 0 Å². The van der Waals surface area contributed by atoms with Crippen molar-refractivity contribution in [1.29, 1.82) is 0 Å². The molecular weight excluding hydrogens is 224 g/mol. The van der Waals surface area contributed by atoms with Crippen molar-refractivity contribution in [2.75, 3.05) is 32.8 Å². The van der Waals surface area contributed by atoms with Crippen molar-refractivity contribution in [1.82, 2.24) is 9.80 Å². The number of piperazine rings is 1. The van der Waals surface area contributed by atoms with Crippen LogP contribution in [0.25, 0.3) is 0 Å². The van der Waals surface area contributed by atoms with Gasteiger partial charge in [0.1, 0.15) is 0 Å². The maximum absolute atomic E-state index is 5.77. The van der Waals surface area contributed by atoms with Crippen LogP contribution in [0.15, 0.2) is 0 Å². The SMILES string of the molecule is CC(C)(C)CN1CC2COCC(C1)N2C(C)(C)C. The lowest BCUT2D eigenvalue weighted by Crippen LogP contribution is -2.69. The van der Waals surface area contributed by atoms with Crippen LogP contribution in [0.5, 0.6) is 0 Å². The van der Waals surface area contributed by atoms with E-state index in [1.807, 2.05) is 0 Å². The summed E-state index contributed by atoms with van der Waals surface area (Å²) in [6.07, 6.45) is 0. The molecule has 106 valence electrons. The molecule has 2 heterocycles. The number of hydrogen-bond donors (Lipinski definition) is 0. The Morgan fingerprint density at radius 1 is 0.944 bits per heavy atom. The molecule has 0 N–H and O–H groups in total. The van der Waals surface area contributed by atoms with Gasteiger partial charge in [0, 0.05) is 37.3 Å². The Labute approximate surface area is 112 Å². The van der Waals surface area contributed by atoms with Gasteiger partial charge < -0.3 is 4.74 Å². The molecule has 0 aliphatic carbocycles. The van der Waals surface area contributed by atoms with Crippen LogP contribution >= 0.6 is 0 Å². The zero-order valence-electron chi connectivity index (χ0n) is 13.0. The van der Waals surface area contributed by atoms with Crippen LogP contribution in [0, 0.1) is 5.41 Å². The predicted molar refractivity (Wildman–Crippen MR) is 75.9 cm³/mol. The lowest BCUT2D eigenvalue weighted by Gasteiger charge is -2.55. The Hall–Kier alpha value is -0.120. The molecule has 2 aliphatic heterocycles.